The van der Waals surface area contributed by atoms with Crippen molar-refractivity contribution in [1.29, 1.82) is 0 Å². The molecule has 0 unspecified atom stereocenters. The second-order valence-corrected chi connectivity index (χ2v) is 8.58. The zero-order chi connectivity index (χ0) is 19.5. The molecule has 0 radical (unpaired) electrons. The molecule has 0 spiro atoms. The third-order valence-electron chi connectivity index (χ3n) is 3.99. The summed E-state index contributed by atoms with van der Waals surface area (Å²) >= 11 is 11.5. The maximum atomic E-state index is 12.6. The molecule has 0 heterocycles. The van der Waals surface area contributed by atoms with Crippen molar-refractivity contribution in [3.05, 3.63) is 77.9 Å². The van der Waals surface area contributed by atoms with Crippen molar-refractivity contribution in [3.8, 4) is 0 Å². The predicted octanol–water partition coefficient (Wildman–Crippen LogP) is 5.37. The van der Waals surface area contributed by atoms with Gasteiger partial charge in [-0.05, 0) is 23.1 Å². The van der Waals surface area contributed by atoms with Crippen molar-refractivity contribution < 1.29 is 9.09 Å². The summed E-state index contributed by atoms with van der Waals surface area (Å²) < 4.78 is 19.7. The maximum absolute atomic E-state index is 12.6. The number of rotatable bonds is 11. The molecule has 2 N–H and O–H groups in total. The van der Waals surface area contributed by atoms with Crippen LogP contribution in [-0.2, 0) is 9.09 Å². The number of halogens is 2. The Kier molecular flexibility index (Phi) is 9.57. The van der Waals surface area contributed by atoms with Crippen LogP contribution in [-0.4, -0.2) is 36.1 Å². The van der Waals surface area contributed by atoms with E-state index in [1.807, 2.05) is 36.4 Å². The van der Waals surface area contributed by atoms with Crippen LogP contribution in [0.1, 0.15) is 17.5 Å². The smallest absolute Gasteiger partial charge is 0.306 e. The molecule has 27 heavy (non-hydrogen) atoms. The van der Waals surface area contributed by atoms with Crippen molar-refractivity contribution in [1.82, 2.24) is 4.67 Å². The van der Waals surface area contributed by atoms with Gasteiger partial charge in [0.15, 0.2) is 0 Å². The van der Waals surface area contributed by atoms with Crippen LogP contribution in [0.4, 0.5) is 0 Å². The minimum atomic E-state index is -3.40. The number of hydrogen-bond donors (Lipinski definition) is 1. The predicted molar refractivity (Wildman–Crippen MR) is 115 cm³/mol. The maximum Gasteiger partial charge on any atom is 0.340 e. The number of nitrogens with two attached hydrogens (primary N) is 1. The minimum absolute atomic E-state index is 0.248. The molecule has 2 rings (SSSR count). The Hall–Kier alpha value is -1.13. The average molecular weight is 427 g/mol. The molecular formula is C20H25Cl2N2O2P. The van der Waals surface area contributed by atoms with Gasteiger partial charge in [0, 0.05) is 24.8 Å². The Morgan fingerprint density at radius 1 is 0.963 bits per heavy atom. The van der Waals surface area contributed by atoms with E-state index in [4.69, 9.17) is 33.2 Å². The van der Waals surface area contributed by atoms with Gasteiger partial charge in [0.1, 0.15) is 0 Å². The molecule has 0 fully saturated rings. The quantitative estimate of drug-likeness (QED) is 0.298. The Bertz CT molecular complexity index is 710. The Morgan fingerprint density at radius 3 is 1.89 bits per heavy atom. The monoisotopic (exact) mass is 426 g/mol. The number of benzene rings is 2. The van der Waals surface area contributed by atoms with Crippen LogP contribution in [0.2, 0.25) is 0 Å². The second-order valence-electron chi connectivity index (χ2n) is 5.87. The Labute approximate surface area is 171 Å². The first-order valence-corrected chi connectivity index (χ1v) is 11.5. The Balaban J connectivity index is 2.07. The van der Waals surface area contributed by atoms with E-state index < -0.39 is 7.67 Å². The third-order valence-corrected chi connectivity index (χ3v) is 6.07. The standard InChI is InChI=1S/C20H25Cl2N2O2P/c21-13-15-24(16-14-22)27(23,25)26-17-7-12-20(18-8-3-1-4-9-18)19-10-5-2-6-11-19/h1-6,8-12H,7,13-17H2,(H2,23,25)/t27-/m0/s1. The topological polar surface area (TPSA) is 55.6 Å². The lowest BCUT2D eigenvalue weighted by Crippen LogP contribution is -2.29. The lowest BCUT2D eigenvalue weighted by Gasteiger charge is -2.26. The van der Waals surface area contributed by atoms with Crippen LogP contribution in [0.3, 0.4) is 0 Å². The fourth-order valence-corrected chi connectivity index (χ4v) is 4.62. The first-order chi connectivity index (χ1) is 13.1. The van der Waals surface area contributed by atoms with Gasteiger partial charge in [0.25, 0.3) is 0 Å². The van der Waals surface area contributed by atoms with Crippen LogP contribution in [0.25, 0.3) is 5.57 Å². The van der Waals surface area contributed by atoms with Gasteiger partial charge in [-0.25, -0.2) is 10.2 Å². The van der Waals surface area contributed by atoms with Gasteiger partial charge in [-0.15, -0.1) is 23.2 Å². The molecule has 7 heteroatoms. The van der Waals surface area contributed by atoms with E-state index in [1.54, 1.807) is 0 Å². The van der Waals surface area contributed by atoms with E-state index in [1.165, 1.54) is 4.67 Å². The van der Waals surface area contributed by atoms with E-state index in [9.17, 15) is 4.57 Å². The normalized spacial score (nSPS) is 13.3. The largest absolute Gasteiger partial charge is 0.340 e. The van der Waals surface area contributed by atoms with Crippen molar-refractivity contribution >= 4 is 36.4 Å². The van der Waals surface area contributed by atoms with Crippen molar-refractivity contribution in [2.24, 2.45) is 5.50 Å². The van der Waals surface area contributed by atoms with Crippen LogP contribution in [0.15, 0.2) is 66.7 Å². The Morgan fingerprint density at radius 2 is 1.44 bits per heavy atom. The average Bonchev–Trinajstić information content (AvgIpc) is 2.69. The van der Waals surface area contributed by atoms with Crippen LogP contribution < -0.4 is 5.50 Å². The second kappa shape index (κ2) is 11.7. The first kappa shape index (κ1) is 22.2. The molecule has 0 aliphatic rings. The van der Waals surface area contributed by atoms with Crippen LogP contribution in [0, 0.1) is 0 Å². The van der Waals surface area contributed by atoms with E-state index >= 15 is 0 Å². The van der Waals surface area contributed by atoms with Crippen molar-refractivity contribution in [2.75, 3.05) is 31.5 Å². The highest BCUT2D eigenvalue weighted by molar-refractivity contribution is 7.53. The van der Waals surface area contributed by atoms with E-state index in [2.05, 4.69) is 30.3 Å². The lowest BCUT2D eigenvalue weighted by atomic mass is 9.97. The van der Waals surface area contributed by atoms with Crippen LogP contribution >= 0.6 is 30.9 Å². The van der Waals surface area contributed by atoms with Gasteiger partial charge in [-0.1, -0.05) is 66.7 Å². The summed E-state index contributed by atoms with van der Waals surface area (Å²) in [5, 5.41) is 0. The van der Waals surface area contributed by atoms with Gasteiger partial charge in [-0.3, -0.25) is 4.57 Å². The highest BCUT2D eigenvalue weighted by Crippen LogP contribution is 2.42. The molecule has 4 nitrogen and oxygen atoms in total. The number of hydrogen-bond acceptors (Lipinski definition) is 2. The van der Waals surface area contributed by atoms with Gasteiger partial charge in [0.2, 0.25) is 0 Å². The molecule has 0 aromatic heterocycles. The molecule has 0 saturated carbocycles. The van der Waals surface area contributed by atoms with Crippen molar-refractivity contribution in [3.63, 3.8) is 0 Å². The summed E-state index contributed by atoms with van der Waals surface area (Å²) in [7, 11) is -3.40. The summed E-state index contributed by atoms with van der Waals surface area (Å²) in [6, 6.07) is 20.3. The van der Waals surface area contributed by atoms with Gasteiger partial charge < -0.3 is 4.52 Å². The minimum Gasteiger partial charge on any atom is -0.306 e. The fourth-order valence-electron chi connectivity index (χ4n) is 2.69. The molecule has 0 amide bonds. The highest BCUT2D eigenvalue weighted by atomic mass is 35.5. The highest BCUT2D eigenvalue weighted by Gasteiger charge is 2.26. The van der Waals surface area contributed by atoms with E-state index in [0.717, 1.165) is 16.7 Å². The zero-order valence-electron chi connectivity index (χ0n) is 15.1. The van der Waals surface area contributed by atoms with Crippen LogP contribution in [0.5, 0.6) is 0 Å². The van der Waals surface area contributed by atoms with Gasteiger partial charge in [0.05, 0.1) is 6.61 Å². The molecule has 0 aliphatic heterocycles. The van der Waals surface area contributed by atoms with Crippen molar-refractivity contribution in [2.45, 2.75) is 6.42 Å². The summed E-state index contributed by atoms with van der Waals surface area (Å²) in [5.41, 5.74) is 9.23. The van der Waals surface area contributed by atoms with E-state index in [0.29, 0.717) is 31.3 Å². The molecule has 1 atom stereocenters. The molecule has 0 bridgehead atoms. The summed E-state index contributed by atoms with van der Waals surface area (Å²) in [4.78, 5) is 0. The molecule has 0 saturated heterocycles. The molecule has 0 aliphatic carbocycles. The number of alkyl halides is 2. The zero-order valence-corrected chi connectivity index (χ0v) is 17.5. The summed E-state index contributed by atoms with van der Waals surface area (Å²) in [6.45, 7) is 0.992. The summed E-state index contributed by atoms with van der Waals surface area (Å²) in [5.74, 6) is 0.626. The molecule has 146 valence electrons. The molecular weight excluding hydrogens is 402 g/mol. The molecule has 2 aromatic carbocycles. The molecule has 2 aromatic rings. The first-order valence-electron chi connectivity index (χ1n) is 8.80. The lowest BCUT2D eigenvalue weighted by molar-refractivity contribution is 0.270. The number of nitrogens with zero attached hydrogens (tertiary/aromatic N) is 1. The fraction of sp³-hybridized carbons (Fsp3) is 0.300. The summed E-state index contributed by atoms with van der Waals surface area (Å²) in [6.07, 6.45) is 2.66. The third kappa shape index (κ3) is 7.08. The van der Waals surface area contributed by atoms with Gasteiger partial charge in [-0.2, -0.15) is 0 Å². The SMILES string of the molecule is N[P@](=O)(OCCC=C(c1ccccc1)c1ccccc1)N(CCCl)CCCl. The van der Waals surface area contributed by atoms with E-state index in [-0.39, 0.29) is 6.61 Å². The van der Waals surface area contributed by atoms with Gasteiger partial charge >= 0.3 is 7.67 Å².